The number of nitrogens with one attached hydrogen (secondary N) is 1. The van der Waals surface area contributed by atoms with Gasteiger partial charge in [0.05, 0.1) is 6.42 Å². The Labute approximate surface area is 143 Å². The first kappa shape index (κ1) is 19.3. The molecule has 0 aromatic heterocycles. The van der Waals surface area contributed by atoms with Gasteiger partial charge in [-0.3, -0.25) is 9.59 Å². The molecule has 2 amide bonds. The van der Waals surface area contributed by atoms with Gasteiger partial charge in [0.15, 0.2) is 0 Å². The minimum Gasteiger partial charge on any atom is -0.399 e. The van der Waals surface area contributed by atoms with Gasteiger partial charge in [-0.1, -0.05) is 31.4 Å². The van der Waals surface area contributed by atoms with Crippen molar-refractivity contribution >= 4 is 29.9 Å². The molecule has 0 radical (unpaired) electrons. The van der Waals surface area contributed by atoms with Gasteiger partial charge in [0.25, 0.3) is 0 Å². The molecule has 1 unspecified atom stereocenters. The maximum absolute atomic E-state index is 12.2. The molecule has 0 spiro atoms. The van der Waals surface area contributed by atoms with E-state index in [-0.39, 0.29) is 36.7 Å². The van der Waals surface area contributed by atoms with Gasteiger partial charge in [-0.2, -0.15) is 0 Å². The molecule has 6 heteroatoms. The zero-order valence-electron chi connectivity index (χ0n) is 13.3. The Morgan fingerprint density at radius 1 is 1.13 bits per heavy atom. The van der Waals surface area contributed by atoms with Crippen molar-refractivity contribution in [1.29, 1.82) is 0 Å². The SMILES string of the molecule is Cl.NC(=O)CC(NC(=O)Cc1ccc(N)cc1)C1CCCCC1. The van der Waals surface area contributed by atoms with Crippen LogP contribution in [0.1, 0.15) is 44.1 Å². The van der Waals surface area contributed by atoms with E-state index >= 15 is 0 Å². The molecule has 1 aliphatic carbocycles. The zero-order chi connectivity index (χ0) is 15.9. The van der Waals surface area contributed by atoms with Crippen molar-refractivity contribution < 1.29 is 9.59 Å². The Morgan fingerprint density at radius 3 is 2.30 bits per heavy atom. The summed E-state index contributed by atoms with van der Waals surface area (Å²) in [6.07, 6.45) is 6.18. The largest absolute Gasteiger partial charge is 0.399 e. The van der Waals surface area contributed by atoms with E-state index in [0.717, 1.165) is 31.2 Å². The lowest BCUT2D eigenvalue weighted by molar-refractivity contribution is -0.122. The highest BCUT2D eigenvalue weighted by molar-refractivity contribution is 5.85. The van der Waals surface area contributed by atoms with E-state index in [2.05, 4.69) is 5.32 Å². The minimum absolute atomic E-state index is 0. The lowest BCUT2D eigenvalue weighted by atomic mass is 9.82. The van der Waals surface area contributed by atoms with Crippen molar-refractivity contribution in [2.75, 3.05) is 5.73 Å². The van der Waals surface area contributed by atoms with Crippen LogP contribution in [-0.4, -0.2) is 17.9 Å². The van der Waals surface area contributed by atoms with Crippen LogP contribution < -0.4 is 16.8 Å². The van der Waals surface area contributed by atoms with E-state index in [0.29, 0.717) is 18.0 Å². The fourth-order valence-electron chi connectivity index (χ4n) is 3.17. The zero-order valence-corrected chi connectivity index (χ0v) is 14.1. The predicted octanol–water partition coefficient (Wildman–Crippen LogP) is 2.17. The molecule has 0 aliphatic heterocycles. The fourth-order valence-corrected chi connectivity index (χ4v) is 3.17. The maximum Gasteiger partial charge on any atom is 0.224 e. The van der Waals surface area contributed by atoms with Crippen LogP contribution in [0.5, 0.6) is 0 Å². The van der Waals surface area contributed by atoms with Gasteiger partial charge >= 0.3 is 0 Å². The van der Waals surface area contributed by atoms with E-state index < -0.39 is 0 Å². The molecule has 0 heterocycles. The average Bonchev–Trinajstić information content (AvgIpc) is 2.49. The quantitative estimate of drug-likeness (QED) is 0.693. The lowest BCUT2D eigenvalue weighted by Gasteiger charge is -2.30. The Balaban J connectivity index is 0.00000264. The second-order valence-electron chi connectivity index (χ2n) is 6.16. The normalized spacial score (nSPS) is 16.2. The number of primary amides is 1. The summed E-state index contributed by atoms with van der Waals surface area (Å²) in [6, 6.07) is 7.12. The molecule has 1 aliphatic rings. The van der Waals surface area contributed by atoms with Crippen LogP contribution in [0.4, 0.5) is 5.69 Å². The van der Waals surface area contributed by atoms with Crippen molar-refractivity contribution in [1.82, 2.24) is 5.32 Å². The number of hydrogen-bond acceptors (Lipinski definition) is 3. The van der Waals surface area contributed by atoms with E-state index in [1.54, 1.807) is 12.1 Å². The summed E-state index contributed by atoms with van der Waals surface area (Å²) in [5.74, 6) is -0.0680. The number of carbonyl (C=O) groups is 2. The molecule has 5 nitrogen and oxygen atoms in total. The summed E-state index contributed by atoms with van der Waals surface area (Å²) in [4.78, 5) is 23.5. The van der Waals surface area contributed by atoms with Gasteiger partial charge in [0.2, 0.25) is 11.8 Å². The molecule has 128 valence electrons. The molecular formula is C17H26ClN3O2. The number of nitrogen functional groups attached to an aromatic ring is 1. The van der Waals surface area contributed by atoms with Crippen molar-refractivity contribution in [3.05, 3.63) is 29.8 Å². The third-order valence-electron chi connectivity index (χ3n) is 4.33. The van der Waals surface area contributed by atoms with Gasteiger partial charge in [0, 0.05) is 18.2 Å². The van der Waals surface area contributed by atoms with E-state index in [1.165, 1.54) is 6.42 Å². The first-order valence-electron chi connectivity index (χ1n) is 7.96. The van der Waals surface area contributed by atoms with E-state index in [4.69, 9.17) is 11.5 Å². The van der Waals surface area contributed by atoms with E-state index in [1.807, 2.05) is 12.1 Å². The van der Waals surface area contributed by atoms with Crippen molar-refractivity contribution in [3.63, 3.8) is 0 Å². The van der Waals surface area contributed by atoms with Crippen LogP contribution in [0.15, 0.2) is 24.3 Å². The summed E-state index contributed by atoms with van der Waals surface area (Å²) in [6.45, 7) is 0. The van der Waals surface area contributed by atoms with Crippen LogP contribution in [0.2, 0.25) is 0 Å². The molecule has 1 fully saturated rings. The van der Waals surface area contributed by atoms with Crippen LogP contribution in [0.3, 0.4) is 0 Å². The summed E-state index contributed by atoms with van der Waals surface area (Å²) in [5.41, 5.74) is 12.6. The molecule has 1 atom stereocenters. The molecule has 2 rings (SSSR count). The molecule has 0 saturated heterocycles. The molecule has 23 heavy (non-hydrogen) atoms. The molecule has 5 N–H and O–H groups in total. The van der Waals surface area contributed by atoms with E-state index in [9.17, 15) is 9.59 Å². The highest BCUT2D eigenvalue weighted by atomic mass is 35.5. The number of nitrogens with two attached hydrogens (primary N) is 2. The summed E-state index contributed by atoms with van der Waals surface area (Å²) in [7, 11) is 0. The summed E-state index contributed by atoms with van der Waals surface area (Å²) >= 11 is 0. The second kappa shape index (κ2) is 9.40. The maximum atomic E-state index is 12.2. The summed E-state index contributed by atoms with van der Waals surface area (Å²) < 4.78 is 0. The average molecular weight is 340 g/mol. The van der Waals surface area contributed by atoms with Crippen LogP contribution in [-0.2, 0) is 16.0 Å². The number of amides is 2. The number of anilines is 1. The third-order valence-corrected chi connectivity index (χ3v) is 4.33. The second-order valence-corrected chi connectivity index (χ2v) is 6.16. The predicted molar refractivity (Wildman–Crippen MR) is 94.1 cm³/mol. The van der Waals surface area contributed by atoms with Crippen LogP contribution >= 0.6 is 12.4 Å². The standard InChI is InChI=1S/C17H25N3O2.ClH/c18-14-8-6-12(7-9-14)10-17(22)20-15(11-16(19)21)13-4-2-1-3-5-13;/h6-9,13,15H,1-5,10-11,18H2,(H2,19,21)(H,20,22);1H. The van der Waals surface area contributed by atoms with Gasteiger partial charge in [-0.25, -0.2) is 0 Å². The smallest absolute Gasteiger partial charge is 0.224 e. The van der Waals surface area contributed by atoms with Gasteiger partial charge in [-0.15, -0.1) is 12.4 Å². The van der Waals surface area contributed by atoms with Crippen molar-refractivity contribution in [2.45, 2.75) is 51.0 Å². The third kappa shape index (κ3) is 6.48. The molecular weight excluding hydrogens is 314 g/mol. The van der Waals surface area contributed by atoms with Crippen molar-refractivity contribution in [2.24, 2.45) is 11.7 Å². The Hall–Kier alpha value is -1.75. The Morgan fingerprint density at radius 2 is 1.74 bits per heavy atom. The lowest BCUT2D eigenvalue weighted by Crippen LogP contribution is -2.44. The highest BCUT2D eigenvalue weighted by Gasteiger charge is 2.26. The number of halogens is 1. The first-order valence-corrected chi connectivity index (χ1v) is 7.96. The summed E-state index contributed by atoms with van der Waals surface area (Å²) in [5, 5.41) is 3.01. The monoisotopic (exact) mass is 339 g/mol. The Bertz CT molecular complexity index is 513. The number of carbonyl (C=O) groups excluding carboxylic acids is 2. The topological polar surface area (TPSA) is 98.2 Å². The van der Waals surface area contributed by atoms with Crippen molar-refractivity contribution in [3.8, 4) is 0 Å². The molecule has 1 aromatic rings. The first-order chi connectivity index (χ1) is 10.5. The Kier molecular flexibility index (Phi) is 7.89. The molecule has 1 saturated carbocycles. The van der Waals surface area contributed by atoms with Gasteiger partial charge in [0.1, 0.15) is 0 Å². The number of rotatable bonds is 6. The fraction of sp³-hybridized carbons (Fsp3) is 0.529. The van der Waals surface area contributed by atoms with Gasteiger partial charge in [-0.05, 0) is 36.5 Å². The number of hydrogen-bond donors (Lipinski definition) is 3. The highest BCUT2D eigenvalue weighted by Crippen LogP contribution is 2.27. The molecule has 1 aromatic carbocycles. The minimum atomic E-state index is -0.358. The van der Waals surface area contributed by atoms with Crippen LogP contribution in [0.25, 0.3) is 0 Å². The molecule has 0 bridgehead atoms. The van der Waals surface area contributed by atoms with Crippen LogP contribution in [0, 0.1) is 5.92 Å². The van der Waals surface area contributed by atoms with Gasteiger partial charge < -0.3 is 16.8 Å². The number of benzene rings is 1.